The highest BCUT2D eigenvalue weighted by molar-refractivity contribution is 5.80. The van der Waals surface area contributed by atoms with Crippen LogP contribution in [0.4, 0.5) is 5.69 Å². The zero-order valence-corrected chi connectivity index (χ0v) is 21.9. The highest BCUT2D eigenvalue weighted by atomic mass is 16.5. The monoisotopic (exact) mass is 496 g/mol. The normalized spacial score (nSPS) is 15.8. The first-order valence-electron chi connectivity index (χ1n) is 12.4. The van der Waals surface area contributed by atoms with E-state index in [0.29, 0.717) is 26.0 Å². The summed E-state index contributed by atoms with van der Waals surface area (Å²) in [5, 5.41) is 4.72. The minimum atomic E-state index is 0.130. The van der Waals surface area contributed by atoms with Crippen molar-refractivity contribution in [1.82, 2.24) is 9.80 Å². The molecule has 0 bridgehead atoms. The van der Waals surface area contributed by atoms with Gasteiger partial charge >= 0.3 is 0 Å². The van der Waals surface area contributed by atoms with Gasteiger partial charge in [0.2, 0.25) is 5.91 Å². The quantitative estimate of drug-likeness (QED) is 0.171. The van der Waals surface area contributed by atoms with Crippen molar-refractivity contribution in [3.05, 3.63) is 64.7 Å². The van der Waals surface area contributed by atoms with Crippen LogP contribution in [-0.4, -0.2) is 60.7 Å². The number of rotatable bonds is 10. The van der Waals surface area contributed by atoms with Crippen LogP contribution >= 0.6 is 0 Å². The van der Waals surface area contributed by atoms with Crippen LogP contribution < -0.4 is 16.7 Å². The molecule has 3 rings (SSSR count). The van der Waals surface area contributed by atoms with E-state index in [-0.39, 0.29) is 11.9 Å². The molecule has 0 saturated carbocycles. The van der Waals surface area contributed by atoms with Crippen LogP contribution in [0.15, 0.2) is 47.6 Å². The van der Waals surface area contributed by atoms with Gasteiger partial charge in [0.05, 0.1) is 12.1 Å². The van der Waals surface area contributed by atoms with Crippen molar-refractivity contribution in [1.29, 1.82) is 0 Å². The molecule has 1 saturated heterocycles. The van der Waals surface area contributed by atoms with Crippen molar-refractivity contribution in [2.45, 2.75) is 53.2 Å². The smallest absolute Gasteiger partial charge is 0.293 e. The zero-order chi connectivity index (χ0) is 26.5. The van der Waals surface area contributed by atoms with Crippen LogP contribution in [0.3, 0.4) is 0 Å². The highest BCUT2D eigenvalue weighted by Crippen LogP contribution is 2.17. The lowest BCUT2D eigenvalue weighted by atomic mass is 10.0. The minimum absolute atomic E-state index is 0.130. The highest BCUT2D eigenvalue weighted by Gasteiger charge is 2.26. The second-order valence-electron chi connectivity index (χ2n) is 8.66. The van der Waals surface area contributed by atoms with E-state index < -0.39 is 0 Å². The molecule has 9 nitrogen and oxygen atoms in total. The van der Waals surface area contributed by atoms with E-state index in [1.54, 1.807) is 0 Å². The SMILES string of the molecule is CC.Cc1ccc(CCN2CCN(C(=O)Cc3ccc(N(N)/C=N\N)cc3)CC2C)cc1COC=O. The average molecular weight is 497 g/mol. The number of nitrogens with two attached hydrogens (primary N) is 2. The van der Waals surface area contributed by atoms with Gasteiger partial charge in [0.1, 0.15) is 12.9 Å². The molecular formula is C27H40N6O3. The van der Waals surface area contributed by atoms with Crippen molar-refractivity contribution in [2.24, 2.45) is 16.8 Å². The maximum absolute atomic E-state index is 12.9. The van der Waals surface area contributed by atoms with Gasteiger partial charge in [-0.2, -0.15) is 5.10 Å². The van der Waals surface area contributed by atoms with Gasteiger partial charge < -0.3 is 15.5 Å². The van der Waals surface area contributed by atoms with E-state index in [1.807, 2.05) is 49.9 Å². The van der Waals surface area contributed by atoms with Crippen molar-refractivity contribution in [2.75, 3.05) is 31.2 Å². The van der Waals surface area contributed by atoms with Crippen LogP contribution in [0.2, 0.25) is 0 Å². The second-order valence-corrected chi connectivity index (χ2v) is 8.66. The summed E-state index contributed by atoms with van der Waals surface area (Å²) in [5.41, 5.74) is 5.05. The molecule has 1 atom stereocenters. The topological polar surface area (TPSA) is 117 Å². The molecule has 1 unspecified atom stereocenters. The summed E-state index contributed by atoms with van der Waals surface area (Å²) in [5.74, 6) is 11.1. The van der Waals surface area contributed by atoms with E-state index in [0.717, 1.165) is 48.4 Å². The lowest BCUT2D eigenvalue weighted by Gasteiger charge is -2.40. The van der Waals surface area contributed by atoms with Gasteiger partial charge in [-0.05, 0) is 54.7 Å². The summed E-state index contributed by atoms with van der Waals surface area (Å²) in [6.45, 7) is 12.2. The average Bonchev–Trinajstić information content (AvgIpc) is 2.89. The number of carbonyl (C=O) groups excluding carboxylic acids is 2. The van der Waals surface area contributed by atoms with Gasteiger partial charge in [-0.15, -0.1) is 0 Å². The summed E-state index contributed by atoms with van der Waals surface area (Å²) < 4.78 is 4.92. The van der Waals surface area contributed by atoms with Crippen LogP contribution in [-0.2, 0) is 33.8 Å². The Morgan fingerprint density at radius 3 is 2.50 bits per heavy atom. The summed E-state index contributed by atoms with van der Waals surface area (Å²) in [6.07, 6.45) is 2.59. The Morgan fingerprint density at radius 1 is 1.17 bits per heavy atom. The Balaban J connectivity index is 0.00000222. The van der Waals surface area contributed by atoms with Crippen LogP contribution in [0, 0.1) is 6.92 Å². The Morgan fingerprint density at radius 2 is 1.86 bits per heavy atom. The molecule has 1 amide bonds. The molecule has 0 spiro atoms. The first-order chi connectivity index (χ1) is 17.4. The molecule has 36 heavy (non-hydrogen) atoms. The fourth-order valence-electron chi connectivity index (χ4n) is 4.20. The molecule has 2 aromatic rings. The number of nitrogens with zero attached hydrogens (tertiary/aromatic N) is 4. The number of ether oxygens (including phenoxy) is 1. The Kier molecular flexibility index (Phi) is 11.9. The number of hydrazone groups is 1. The van der Waals surface area contributed by atoms with Gasteiger partial charge in [-0.3, -0.25) is 19.5 Å². The maximum atomic E-state index is 12.9. The van der Waals surface area contributed by atoms with E-state index >= 15 is 0 Å². The number of benzene rings is 2. The molecule has 1 fully saturated rings. The molecule has 1 heterocycles. The van der Waals surface area contributed by atoms with Crippen LogP contribution in [0.25, 0.3) is 0 Å². The standard InChI is InChI=1S/C25H34N6O3.C2H6/c1-19-3-4-22(13-23(19)16-34-18-32)9-10-29-11-12-30(15-20(29)2)25(33)14-21-5-7-24(8-6-21)31(27)17-28-26;1-2/h3-8,13,17-18,20H,9-12,14-16,26-27H2,1-2H3;1-2H3/b28-17-;. The van der Waals surface area contributed by atoms with Gasteiger partial charge in [0.15, 0.2) is 0 Å². The fraction of sp³-hybridized carbons (Fsp3) is 0.444. The first-order valence-corrected chi connectivity index (χ1v) is 12.4. The Labute approximate surface area is 214 Å². The van der Waals surface area contributed by atoms with Gasteiger partial charge in [-0.25, -0.2) is 5.84 Å². The predicted molar refractivity (Wildman–Crippen MR) is 144 cm³/mol. The summed E-state index contributed by atoms with van der Waals surface area (Å²) >= 11 is 0. The molecule has 9 heteroatoms. The maximum Gasteiger partial charge on any atom is 0.293 e. The summed E-state index contributed by atoms with van der Waals surface area (Å²) in [7, 11) is 0. The van der Waals surface area contributed by atoms with Crippen molar-refractivity contribution >= 4 is 24.4 Å². The van der Waals surface area contributed by atoms with Gasteiger partial charge in [-0.1, -0.05) is 44.2 Å². The first kappa shape index (κ1) is 28.8. The molecule has 196 valence electrons. The third-order valence-corrected chi connectivity index (χ3v) is 6.31. The molecule has 0 radical (unpaired) electrons. The van der Waals surface area contributed by atoms with E-state index in [9.17, 15) is 9.59 Å². The Hall–Kier alpha value is -3.43. The number of carbonyl (C=O) groups is 2. The largest absolute Gasteiger partial charge is 0.463 e. The number of hydrazine groups is 1. The third kappa shape index (κ3) is 8.35. The van der Waals surface area contributed by atoms with Crippen molar-refractivity contribution in [3.63, 3.8) is 0 Å². The summed E-state index contributed by atoms with van der Waals surface area (Å²) in [6, 6.07) is 14.1. The second kappa shape index (κ2) is 14.9. The third-order valence-electron chi connectivity index (χ3n) is 6.31. The molecule has 2 aromatic carbocycles. The molecule has 1 aliphatic heterocycles. The van der Waals surface area contributed by atoms with E-state index in [2.05, 4.69) is 35.1 Å². The number of hydrogen-bond acceptors (Lipinski definition) is 7. The molecule has 4 N–H and O–H groups in total. The predicted octanol–water partition coefficient (Wildman–Crippen LogP) is 2.59. The van der Waals surface area contributed by atoms with Gasteiger partial charge in [0.25, 0.3) is 6.47 Å². The number of aryl methyl sites for hydroxylation is 1. The number of amides is 1. The number of piperazine rings is 1. The lowest BCUT2D eigenvalue weighted by molar-refractivity contribution is -0.133. The molecule has 0 aromatic heterocycles. The van der Waals surface area contributed by atoms with E-state index in [1.165, 1.54) is 16.9 Å². The Bertz CT molecular complexity index is 996. The molecule has 0 aliphatic carbocycles. The van der Waals surface area contributed by atoms with Crippen LogP contribution in [0.5, 0.6) is 0 Å². The molecular weight excluding hydrogens is 456 g/mol. The van der Waals surface area contributed by atoms with Crippen molar-refractivity contribution in [3.8, 4) is 0 Å². The zero-order valence-electron chi connectivity index (χ0n) is 21.9. The van der Waals surface area contributed by atoms with Crippen LogP contribution in [0.1, 0.15) is 43.0 Å². The fourth-order valence-corrected chi connectivity index (χ4v) is 4.20. The van der Waals surface area contributed by atoms with Crippen molar-refractivity contribution < 1.29 is 14.3 Å². The van der Waals surface area contributed by atoms with Gasteiger partial charge in [0, 0.05) is 32.2 Å². The number of anilines is 1. The lowest BCUT2D eigenvalue weighted by Crippen LogP contribution is -2.54. The summed E-state index contributed by atoms with van der Waals surface area (Å²) in [4.78, 5) is 27.8. The number of hydrogen-bond donors (Lipinski definition) is 2. The minimum Gasteiger partial charge on any atom is -0.463 e. The van der Waals surface area contributed by atoms with E-state index in [4.69, 9.17) is 16.4 Å². The molecule has 1 aliphatic rings.